The second kappa shape index (κ2) is 5.34. The molecule has 0 atom stereocenters. The summed E-state index contributed by atoms with van der Waals surface area (Å²) in [5.74, 6) is 1.11. The van der Waals surface area contributed by atoms with Crippen LogP contribution in [0.15, 0.2) is 18.2 Å². The van der Waals surface area contributed by atoms with Crippen molar-refractivity contribution in [3.8, 4) is 11.4 Å². The number of aryl methyl sites for hydroxylation is 2. The minimum absolute atomic E-state index is 0.262. The van der Waals surface area contributed by atoms with Gasteiger partial charge in [0, 0.05) is 23.4 Å². The van der Waals surface area contributed by atoms with Gasteiger partial charge in [-0.3, -0.25) is 0 Å². The second-order valence-electron chi connectivity index (χ2n) is 4.65. The smallest absolute Gasteiger partial charge is 0.161 e. The first kappa shape index (κ1) is 13.5. The molecule has 1 aromatic carbocycles. The lowest BCUT2D eigenvalue weighted by molar-refractivity contribution is 0.627. The van der Waals surface area contributed by atoms with Crippen LogP contribution in [-0.2, 0) is 0 Å². The van der Waals surface area contributed by atoms with Crippen molar-refractivity contribution in [2.75, 3.05) is 11.9 Å². The summed E-state index contributed by atoms with van der Waals surface area (Å²) < 4.78 is 13.5. The van der Waals surface area contributed by atoms with Gasteiger partial charge >= 0.3 is 0 Å². The van der Waals surface area contributed by atoms with E-state index in [1.807, 2.05) is 33.8 Å². The van der Waals surface area contributed by atoms with E-state index in [9.17, 15) is 4.39 Å². The van der Waals surface area contributed by atoms with E-state index in [1.54, 1.807) is 0 Å². The van der Waals surface area contributed by atoms with E-state index in [-0.39, 0.29) is 5.82 Å². The van der Waals surface area contributed by atoms with E-state index in [2.05, 4.69) is 15.3 Å². The lowest BCUT2D eigenvalue weighted by atomic mass is 10.1. The molecule has 4 heteroatoms. The Kier molecular flexibility index (Phi) is 3.79. The number of nitrogens with zero attached hydrogens (tertiary/aromatic N) is 2. The van der Waals surface area contributed by atoms with E-state index in [1.165, 1.54) is 12.1 Å². The van der Waals surface area contributed by atoms with Gasteiger partial charge in [-0.1, -0.05) is 0 Å². The van der Waals surface area contributed by atoms with Crippen molar-refractivity contribution in [3.05, 3.63) is 40.8 Å². The number of benzene rings is 1. The molecule has 0 aliphatic carbocycles. The Hall–Kier alpha value is -1.97. The van der Waals surface area contributed by atoms with Crippen LogP contribution < -0.4 is 5.32 Å². The molecule has 0 aliphatic rings. The first-order chi connectivity index (χ1) is 9.01. The average molecular weight is 259 g/mol. The molecule has 0 amide bonds. The molecule has 3 nitrogen and oxygen atoms in total. The van der Waals surface area contributed by atoms with Gasteiger partial charge in [0.1, 0.15) is 11.6 Å². The SMILES string of the molecule is CCNc1nc(-c2cc(C)cc(F)c2)nc(C)c1C. The van der Waals surface area contributed by atoms with E-state index in [0.29, 0.717) is 11.4 Å². The number of aromatic nitrogens is 2. The zero-order valence-corrected chi connectivity index (χ0v) is 11.7. The molecule has 0 spiro atoms. The normalized spacial score (nSPS) is 10.6. The summed E-state index contributed by atoms with van der Waals surface area (Å²) in [6.45, 7) is 8.59. The molecule has 0 saturated carbocycles. The van der Waals surface area contributed by atoms with Crippen molar-refractivity contribution in [3.63, 3.8) is 0 Å². The predicted octanol–water partition coefficient (Wildman–Crippen LogP) is 3.64. The Balaban J connectivity index is 2.55. The number of anilines is 1. The molecular weight excluding hydrogens is 241 g/mol. The van der Waals surface area contributed by atoms with Gasteiger partial charge in [0.25, 0.3) is 0 Å². The fourth-order valence-corrected chi connectivity index (χ4v) is 1.96. The minimum atomic E-state index is -0.262. The molecule has 2 rings (SSSR count). The highest BCUT2D eigenvalue weighted by atomic mass is 19.1. The molecule has 1 heterocycles. The highest BCUT2D eigenvalue weighted by Gasteiger charge is 2.10. The van der Waals surface area contributed by atoms with Crippen LogP contribution in [0.25, 0.3) is 11.4 Å². The van der Waals surface area contributed by atoms with Gasteiger partial charge in [-0.25, -0.2) is 14.4 Å². The van der Waals surface area contributed by atoms with E-state index >= 15 is 0 Å². The first-order valence-corrected chi connectivity index (χ1v) is 6.38. The standard InChI is InChI=1S/C15H18FN3/c1-5-17-14-10(3)11(4)18-15(19-14)12-6-9(2)7-13(16)8-12/h6-8H,5H2,1-4H3,(H,17,18,19). The van der Waals surface area contributed by atoms with Crippen molar-refractivity contribution < 1.29 is 4.39 Å². The van der Waals surface area contributed by atoms with Crippen LogP contribution in [-0.4, -0.2) is 16.5 Å². The maximum atomic E-state index is 13.5. The summed E-state index contributed by atoms with van der Waals surface area (Å²) in [6.07, 6.45) is 0. The third kappa shape index (κ3) is 2.89. The summed E-state index contributed by atoms with van der Waals surface area (Å²) in [6, 6.07) is 4.85. The fraction of sp³-hybridized carbons (Fsp3) is 0.333. The van der Waals surface area contributed by atoms with E-state index < -0.39 is 0 Å². The Labute approximate surface area is 112 Å². The van der Waals surface area contributed by atoms with E-state index in [4.69, 9.17) is 0 Å². The molecule has 2 aromatic rings. The average Bonchev–Trinajstić information content (AvgIpc) is 2.33. The van der Waals surface area contributed by atoms with Crippen LogP contribution in [0, 0.1) is 26.6 Å². The van der Waals surface area contributed by atoms with Crippen molar-refractivity contribution in [2.45, 2.75) is 27.7 Å². The number of nitrogens with one attached hydrogen (secondary N) is 1. The molecule has 0 fully saturated rings. The van der Waals surface area contributed by atoms with Gasteiger partial charge in [-0.05, 0) is 51.5 Å². The highest BCUT2D eigenvalue weighted by Crippen LogP contribution is 2.23. The third-order valence-electron chi connectivity index (χ3n) is 3.03. The minimum Gasteiger partial charge on any atom is -0.370 e. The van der Waals surface area contributed by atoms with Crippen LogP contribution in [0.1, 0.15) is 23.7 Å². The molecule has 0 unspecified atom stereocenters. The lowest BCUT2D eigenvalue weighted by Crippen LogP contribution is -2.06. The molecule has 0 radical (unpaired) electrons. The number of hydrogen-bond acceptors (Lipinski definition) is 3. The van der Waals surface area contributed by atoms with Crippen LogP contribution in [0.2, 0.25) is 0 Å². The molecular formula is C15H18FN3. The zero-order chi connectivity index (χ0) is 14.0. The van der Waals surface area contributed by atoms with Crippen LogP contribution in [0.3, 0.4) is 0 Å². The summed E-state index contributed by atoms with van der Waals surface area (Å²) in [7, 11) is 0. The molecule has 0 bridgehead atoms. The van der Waals surface area contributed by atoms with Gasteiger partial charge in [-0.2, -0.15) is 0 Å². The lowest BCUT2D eigenvalue weighted by Gasteiger charge is -2.11. The summed E-state index contributed by atoms with van der Waals surface area (Å²) in [4.78, 5) is 8.94. The summed E-state index contributed by atoms with van der Waals surface area (Å²) in [5, 5.41) is 3.21. The van der Waals surface area contributed by atoms with Crippen molar-refractivity contribution in [1.82, 2.24) is 9.97 Å². The second-order valence-corrected chi connectivity index (χ2v) is 4.65. The molecule has 100 valence electrons. The molecule has 0 saturated heterocycles. The predicted molar refractivity (Wildman–Crippen MR) is 75.8 cm³/mol. The maximum absolute atomic E-state index is 13.5. The van der Waals surface area contributed by atoms with Gasteiger partial charge in [0.2, 0.25) is 0 Å². The number of hydrogen-bond donors (Lipinski definition) is 1. The van der Waals surface area contributed by atoms with Crippen LogP contribution in [0.4, 0.5) is 10.2 Å². The Bertz CT molecular complexity index is 588. The largest absolute Gasteiger partial charge is 0.370 e. The van der Waals surface area contributed by atoms with Crippen molar-refractivity contribution >= 4 is 5.82 Å². The molecule has 1 N–H and O–H groups in total. The van der Waals surface area contributed by atoms with Gasteiger partial charge in [0.05, 0.1) is 0 Å². The monoisotopic (exact) mass is 259 g/mol. The number of halogens is 1. The quantitative estimate of drug-likeness (QED) is 0.914. The van der Waals surface area contributed by atoms with Crippen molar-refractivity contribution in [2.24, 2.45) is 0 Å². The number of rotatable bonds is 3. The molecule has 19 heavy (non-hydrogen) atoms. The Morgan fingerprint density at radius 1 is 1.11 bits per heavy atom. The fourth-order valence-electron chi connectivity index (χ4n) is 1.96. The Morgan fingerprint density at radius 3 is 2.47 bits per heavy atom. The highest BCUT2D eigenvalue weighted by molar-refractivity contribution is 5.60. The van der Waals surface area contributed by atoms with E-state index in [0.717, 1.165) is 29.2 Å². The summed E-state index contributed by atoms with van der Waals surface area (Å²) >= 11 is 0. The van der Waals surface area contributed by atoms with Gasteiger partial charge in [0.15, 0.2) is 5.82 Å². The maximum Gasteiger partial charge on any atom is 0.161 e. The van der Waals surface area contributed by atoms with Crippen LogP contribution >= 0.6 is 0 Å². The first-order valence-electron chi connectivity index (χ1n) is 6.38. The van der Waals surface area contributed by atoms with Gasteiger partial charge < -0.3 is 5.32 Å². The third-order valence-corrected chi connectivity index (χ3v) is 3.03. The van der Waals surface area contributed by atoms with Gasteiger partial charge in [-0.15, -0.1) is 0 Å². The molecule has 0 aliphatic heterocycles. The molecule has 1 aromatic heterocycles. The summed E-state index contributed by atoms with van der Waals surface area (Å²) in [5.41, 5.74) is 3.50. The van der Waals surface area contributed by atoms with Crippen molar-refractivity contribution in [1.29, 1.82) is 0 Å². The topological polar surface area (TPSA) is 37.8 Å². The zero-order valence-electron chi connectivity index (χ0n) is 11.7. The van der Waals surface area contributed by atoms with Crippen LogP contribution in [0.5, 0.6) is 0 Å². The Morgan fingerprint density at radius 2 is 1.84 bits per heavy atom.